The number of hydrogen-bond acceptors (Lipinski definition) is 9. The largest absolute Gasteiger partial charge is 0.490 e. The lowest BCUT2D eigenvalue weighted by molar-refractivity contribution is -0.384. The van der Waals surface area contributed by atoms with E-state index in [1.807, 2.05) is 41.5 Å². The zero-order valence-corrected chi connectivity index (χ0v) is 24.2. The molecule has 0 bridgehead atoms. The Kier molecular flexibility index (Phi) is 8.22. The molecule has 3 aromatic heterocycles. The Hall–Kier alpha value is -4.19. The number of anilines is 2. The highest BCUT2D eigenvalue weighted by atomic mass is 16.6. The van der Waals surface area contributed by atoms with Crippen LogP contribution < -0.4 is 15.0 Å². The smallest absolute Gasteiger partial charge is 0.269 e. The van der Waals surface area contributed by atoms with Crippen molar-refractivity contribution in [2.75, 3.05) is 29.9 Å². The molecule has 42 heavy (non-hydrogen) atoms. The first-order valence-corrected chi connectivity index (χ1v) is 15.0. The molecule has 1 aliphatic carbocycles. The van der Waals surface area contributed by atoms with Crippen LogP contribution in [0.4, 0.5) is 17.5 Å². The van der Waals surface area contributed by atoms with Gasteiger partial charge in [0.05, 0.1) is 11.1 Å². The number of non-ortho nitro benzene ring substituents is 1. The Morgan fingerprint density at radius 1 is 1.10 bits per heavy atom. The van der Waals surface area contributed by atoms with Crippen molar-refractivity contribution in [2.24, 2.45) is 0 Å². The van der Waals surface area contributed by atoms with Crippen molar-refractivity contribution < 1.29 is 14.4 Å². The second-order valence-corrected chi connectivity index (χ2v) is 11.1. The van der Waals surface area contributed by atoms with Crippen LogP contribution in [0.3, 0.4) is 0 Å². The summed E-state index contributed by atoms with van der Waals surface area (Å²) in [5.74, 6) is 2.29. The van der Waals surface area contributed by atoms with E-state index in [-0.39, 0.29) is 24.1 Å². The Bertz CT molecular complexity index is 1510. The van der Waals surface area contributed by atoms with Gasteiger partial charge < -0.3 is 19.7 Å². The van der Waals surface area contributed by atoms with Crippen LogP contribution in [0, 0.1) is 10.1 Å². The molecule has 6 rings (SSSR count). The van der Waals surface area contributed by atoms with Crippen LogP contribution >= 0.6 is 0 Å². The number of nitro groups is 1. The van der Waals surface area contributed by atoms with Gasteiger partial charge in [-0.3, -0.25) is 10.1 Å². The van der Waals surface area contributed by atoms with E-state index in [1.165, 1.54) is 18.6 Å². The summed E-state index contributed by atoms with van der Waals surface area (Å²) in [6.07, 6.45) is 11.1. The van der Waals surface area contributed by atoms with Crippen LogP contribution in [-0.2, 0) is 4.74 Å². The standard InChI is InChI=1S/C30H38N8O4/c1-3-41-21(2)36-20-22(19-31-36)27-14-15-28-33-30(34-37(28)29(27)35-16-5-4-6-17-35)32-23-8-7-9-26(18-23)42-25-12-10-24(11-13-25)38(39)40/h10-15,19-21,23,26H,3-9,16-18H2,1-2H3,(H,32,34)/t21?,23-,26+/m1/s1. The van der Waals surface area contributed by atoms with Crippen molar-refractivity contribution in [3.05, 3.63) is 58.9 Å². The van der Waals surface area contributed by atoms with Crippen LogP contribution in [0.5, 0.6) is 5.75 Å². The number of piperidine rings is 1. The summed E-state index contributed by atoms with van der Waals surface area (Å²) in [4.78, 5) is 17.8. The van der Waals surface area contributed by atoms with E-state index < -0.39 is 4.92 Å². The summed E-state index contributed by atoms with van der Waals surface area (Å²) < 4.78 is 15.8. The molecule has 0 amide bonds. The van der Waals surface area contributed by atoms with E-state index in [1.54, 1.807) is 12.1 Å². The second-order valence-electron chi connectivity index (χ2n) is 11.1. The summed E-state index contributed by atoms with van der Waals surface area (Å²) in [5, 5.41) is 24.1. The Labute approximate surface area is 244 Å². The van der Waals surface area contributed by atoms with Gasteiger partial charge in [-0.1, -0.05) is 0 Å². The molecule has 0 radical (unpaired) electrons. The average molecular weight is 575 g/mol. The van der Waals surface area contributed by atoms with E-state index in [4.69, 9.17) is 19.6 Å². The summed E-state index contributed by atoms with van der Waals surface area (Å²) in [5.41, 5.74) is 2.95. The van der Waals surface area contributed by atoms with Gasteiger partial charge in [0, 0.05) is 61.6 Å². The quantitative estimate of drug-likeness (QED) is 0.183. The van der Waals surface area contributed by atoms with Gasteiger partial charge in [0.25, 0.3) is 5.69 Å². The first-order chi connectivity index (χ1) is 20.5. The number of fused-ring (bicyclic) bond motifs is 1. The van der Waals surface area contributed by atoms with Crippen LogP contribution in [-0.4, -0.2) is 61.1 Å². The van der Waals surface area contributed by atoms with Gasteiger partial charge in [-0.25, -0.2) is 4.68 Å². The fraction of sp³-hybridized carbons (Fsp3) is 0.500. The van der Waals surface area contributed by atoms with Gasteiger partial charge in [-0.05, 0) is 76.6 Å². The minimum atomic E-state index is -0.401. The third-order valence-corrected chi connectivity index (χ3v) is 8.13. The van der Waals surface area contributed by atoms with Crippen molar-refractivity contribution >= 4 is 23.1 Å². The Morgan fingerprint density at radius 2 is 1.90 bits per heavy atom. The van der Waals surface area contributed by atoms with Crippen molar-refractivity contribution in [3.8, 4) is 16.9 Å². The molecular weight excluding hydrogens is 536 g/mol. The van der Waals surface area contributed by atoms with E-state index >= 15 is 0 Å². The zero-order chi connectivity index (χ0) is 29.1. The fourth-order valence-electron chi connectivity index (χ4n) is 6.03. The predicted molar refractivity (Wildman–Crippen MR) is 160 cm³/mol. The Morgan fingerprint density at radius 3 is 2.67 bits per heavy atom. The van der Waals surface area contributed by atoms with Gasteiger partial charge >= 0.3 is 0 Å². The van der Waals surface area contributed by atoms with E-state index in [0.29, 0.717) is 18.3 Å². The molecule has 2 fully saturated rings. The summed E-state index contributed by atoms with van der Waals surface area (Å²) in [6.45, 7) is 6.56. The number of benzene rings is 1. The predicted octanol–water partition coefficient (Wildman–Crippen LogP) is 5.85. The van der Waals surface area contributed by atoms with Gasteiger partial charge in [-0.15, -0.1) is 5.10 Å². The topological polar surface area (TPSA) is 125 Å². The highest BCUT2D eigenvalue weighted by Crippen LogP contribution is 2.34. The van der Waals surface area contributed by atoms with Crippen molar-refractivity contribution in [3.63, 3.8) is 0 Å². The van der Waals surface area contributed by atoms with Gasteiger partial charge in [-0.2, -0.15) is 14.6 Å². The molecule has 4 aromatic rings. The lowest BCUT2D eigenvalue weighted by Gasteiger charge is -2.30. The number of nitrogens with zero attached hydrogens (tertiary/aromatic N) is 7. The molecule has 222 valence electrons. The average Bonchev–Trinajstić information content (AvgIpc) is 3.65. The minimum Gasteiger partial charge on any atom is -0.490 e. The molecular formula is C30H38N8O4. The third-order valence-electron chi connectivity index (χ3n) is 8.13. The Balaban J connectivity index is 1.23. The number of hydrogen-bond donors (Lipinski definition) is 1. The number of nitro benzene ring substituents is 1. The summed E-state index contributed by atoms with van der Waals surface area (Å²) >= 11 is 0. The first kappa shape index (κ1) is 28.0. The monoisotopic (exact) mass is 574 g/mol. The first-order valence-electron chi connectivity index (χ1n) is 15.0. The molecule has 0 spiro atoms. The minimum absolute atomic E-state index is 0.0147. The zero-order valence-electron chi connectivity index (χ0n) is 24.2. The molecule has 2 aliphatic rings. The van der Waals surface area contributed by atoms with E-state index in [0.717, 1.165) is 74.2 Å². The summed E-state index contributed by atoms with van der Waals surface area (Å²) in [7, 11) is 0. The molecule has 1 aromatic carbocycles. The van der Waals surface area contributed by atoms with Gasteiger partial charge in [0.15, 0.2) is 5.65 Å². The number of rotatable bonds is 10. The normalized spacial score (nSPS) is 20.0. The maximum Gasteiger partial charge on any atom is 0.269 e. The lowest BCUT2D eigenvalue weighted by atomic mass is 9.93. The van der Waals surface area contributed by atoms with Crippen molar-refractivity contribution in [1.29, 1.82) is 0 Å². The third kappa shape index (κ3) is 6.03. The molecule has 12 nitrogen and oxygen atoms in total. The maximum absolute atomic E-state index is 11.0. The van der Waals surface area contributed by atoms with Gasteiger partial charge in [0.1, 0.15) is 23.9 Å². The molecule has 1 unspecified atom stereocenters. The fourth-order valence-corrected chi connectivity index (χ4v) is 6.03. The van der Waals surface area contributed by atoms with Crippen molar-refractivity contribution in [2.45, 2.75) is 77.2 Å². The van der Waals surface area contributed by atoms with E-state index in [9.17, 15) is 10.1 Å². The number of aromatic nitrogens is 5. The molecule has 1 saturated carbocycles. The van der Waals surface area contributed by atoms with Crippen LogP contribution in [0.1, 0.15) is 65.0 Å². The number of nitrogens with one attached hydrogen (secondary N) is 1. The number of pyridine rings is 1. The van der Waals surface area contributed by atoms with Crippen molar-refractivity contribution in [1.82, 2.24) is 24.4 Å². The SMILES string of the molecule is CCOC(C)n1cc(-c2ccc3nc(N[C@@H]4CCC[C@H](Oc5ccc([N+](=O)[O-])cc5)C4)nn3c2N2CCCCC2)cn1. The van der Waals surface area contributed by atoms with Crippen LogP contribution in [0.15, 0.2) is 48.8 Å². The van der Waals surface area contributed by atoms with E-state index in [2.05, 4.69) is 21.4 Å². The molecule has 3 atom stereocenters. The lowest BCUT2D eigenvalue weighted by Crippen LogP contribution is -2.33. The number of ether oxygens (including phenoxy) is 2. The molecule has 4 heterocycles. The highest BCUT2D eigenvalue weighted by molar-refractivity contribution is 5.78. The molecule has 12 heteroatoms. The molecule has 1 N–H and O–H groups in total. The second kappa shape index (κ2) is 12.4. The maximum atomic E-state index is 11.0. The van der Waals surface area contributed by atoms with Gasteiger partial charge in [0.2, 0.25) is 5.95 Å². The molecule has 1 saturated heterocycles. The molecule has 1 aliphatic heterocycles. The highest BCUT2D eigenvalue weighted by Gasteiger charge is 2.26. The van der Waals surface area contributed by atoms with Crippen LogP contribution in [0.2, 0.25) is 0 Å². The summed E-state index contributed by atoms with van der Waals surface area (Å²) in [6, 6.07) is 10.6. The van der Waals surface area contributed by atoms with Crippen LogP contribution in [0.25, 0.3) is 16.8 Å².